The van der Waals surface area contributed by atoms with Crippen LogP contribution in [0.2, 0.25) is 0 Å². The van der Waals surface area contributed by atoms with Crippen molar-refractivity contribution >= 4 is 0 Å². The Morgan fingerprint density at radius 3 is 2.29 bits per heavy atom. The van der Waals surface area contributed by atoms with Gasteiger partial charge in [0.05, 0.1) is 0 Å². The smallest absolute Gasteiger partial charge is 0.0476 e. The fourth-order valence-corrected chi connectivity index (χ4v) is 2.95. The van der Waals surface area contributed by atoms with Gasteiger partial charge in [0, 0.05) is 25.2 Å². The van der Waals surface area contributed by atoms with E-state index in [1.165, 1.54) is 29.5 Å². The van der Waals surface area contributed by atoms with Crippen molar-refractivity contribution in [3.8, 4) is 0 Å². The maximum atomic E-state index is 6.12. The summed E-state index contributed by atoms with van der Waals surface area (Å²) in [5.41, 5.74) is 10.1. The van der Waals surface area contributed by atoms with Crippen LogP contribution in [0.5, 0.6) is 0 Å². The van der Waals surface area contributed by atoms with Gasteiger partial charge in [-0.3, -0.25) is 4.90 Å². The lowest BCUT2D eigenvalue weighted by molar-refractivity contribution is 0.182. The fraction of sp³-hybridized carbons (Fsp3) is 0.368. The topological polar surface area (TPSA) is 29.3 Å². The molecule has 3 rings (SSSR count). The minimum absolute atomic E-state index is 0.318. The van der Waals surface area contributed by atoms with E-state index in [9.17, 15) is 0 Å². The van der Waals surface area contributed by atoms with Crippen LogP contribution in [0.1, 0.15) is 35.6 Å². The molecule has 110 valence electrons. The van der Waals surface area contributed by atoms with Crippen LogP contribution in [0, 0.1) is 6.92 Å². The predicted octanol–water partition coefficient (Wildman–Crippen LogP) is 3.66. The molecule has 2 aromatic rings. The first-order valence-electron chi connectivity index (χ1n) is 7.84. The Morgan fingerprint density at radius 2 is 1.71 bits per heavy atom. The molecule has 1 saturated carbocycles. The molecule has 2 aromatic carbocycles. The van der Waals surface area contributed by atoms with Crippen molar-refractivity contribution in [3.05, 3.63) is 71.3 Å². The van der Waals surface area contributed by atoms with E-state index in [1.807, 2.05) is 0 Å². The molecule has 2 nitrogen and oxygen atoms in total. The van der Waals surface area contributed by atoms with Crippen molar-refractivity contribution in [1.82, 2.24) is 4.90 Å². The van der Waals surface area contributed by atoms with E-state index < -0.39 is 0 Å². The van der Waals surface area contributed by atoms with E-state index in [-0.39, 0.29) is 0 Å². The Hall–Kier alpha value is -1.64. The van der Waals surface area contributed by atoms with Crippen molar-refractivity contribution in [2.24, 2.45) is 5.73 Å². The summed E-state index contributed by atoms with van der Waals surface area (Å²) in [4.78, 5) is 2.58. The monoisotopic (exact) mass is 280 g/mol. The third-order valence-corrected chi connectivity index (χ3v) is 4.31. The Bertz CT molecular complexity index is 558. The molecule has 2 heteroatoms. The van der Waals surface area contributed by atoms with Crippen molar-refractivity contribution in [2.45, 2.75) is 38.4 Å². The summed E-state index contributed by atoms with van der Waals surface area (Å²) in [6, 6.07) is 20.6. The first-order chi connectivity index (χ1) is 10.3. The van der Waals surface area contributed by atoms with Crippen molar-refractivity contribution < 1.29 is 0 Å². The summed E-state index contributed by atoms with van der Waals surface area (Å²) in [7, 11) is 0. The Labute approximate surface area is 127 Å². The molecule has 1 aliphatic carbocycles. The molecule has 21 heavy (non-hydrogen) atoms. The molecule has 0 bridgehead atoms. The molecule has 0 aliphatic heterocycles. The lowest BCUT2D eigenvalue weighted by atomic mass is 10.0. The predicted molar refractivity (Wildman–Crippen MR) is 88.0 cm³/mol. The van der Waals surface area contributed by atoms with Gasteiger partial charge in [0.2, 0.25) is 0 Å². The number of rotatable bonds is 6. The molecule has 2 N–H and O–H groups in total. The van der Waals surface area contributed by atoms with Gasteiger partial charge >= 0.3 is 0 Å². The van der Waals surface area contributed by atoms with Crippen LogP contribution in [-0.4, -0.2) is 17.5 Å². The number of aryl methyl sites for hydroxylation is 1. The lowest BCUT2D eigenvalue weighted by Crippen LogP contribution is -2.35. The Kier molecular flexibility index (Phi) is 4.37. The molecule has 0 heterocycles. The minimum atomic E-state index is 0.318. The highest BCUT2D eigenvalue weighted by Gasteiger charge is 2.33. The van der Waals surface area contributed by atoms with Gasteiger partial charge in [-0.15, -0.1) is 0 Å². The van der Waals surface area contributed by atoms with Crippen LogP contribution in [-0.2, 0) is 6.54 Å². The van der Waals surface area contributed by atoms with E-state index in [0.717, 1.165) is 6.54 Å². The van der Waals surface area contributed by atoms with Gasteiger partial charge in [-0.1, -0.05) is 60.2 Å². The molecule has 1 unspecified atom stereocenters. The van der Waals surface area contributed by atoms with E-state index in [0.29, 0.717) is 18.6 Å². The van der Waals surface area contributed by atoms with E-state index in [4.69, 9.17) is 5.73 Å². The first kappa shape index (κ1) is 14.3. The maximum absolute atomic E-state index is 6.12. The van der Waals surface area contributed by atoms with Crippen LogP contribution in [0.3, 0.4) is 0 Å². The Balaban J connectivity index is 1.82. The second kappa shape index (κ2) is 6.42. The summed E-state index contributed by atoms with van der Waals surface area (Å²) in [6.07, 6.45) is 2.60. The fourth-order valence-electron chi connectivity index (χ4n) is 2.95. The number of benzene rings is 2. The second-order valence-electron chi connectivity index (χ2n) is 6.05. The van der Waals surface area contributed by atoms with Gasteiger partial charge in [-0.2, -0.15) is 0 Å². The zero-order valence-electron chi connectivity index (χ0n) is 12.7. The highest BCUT2D eigenvalue weighted by molar-refractivity contribution is 5.25. The molecule has 0 amide bonds. The molecule has 0 spiro atoms. The van der Waals surface area contributed by atoms with Crippen molar-refractivity contribution in [2.75, 3.05) is 6.54 Å². The largest absolute Gasteiger partial charge is 0.329 e. The molecule has 1 aliphatic rings. The molecular formula is C19H24N2. The van der Waals surface area contributed by atoms with Crippen LogP contribution in [0.15, 0.2) is 54.6 Å². The van der Waals surface area contributed by atoms with Crippen LogP contribution in [0.4, 0.5) is 0 Å². The standard InChI is InChI=1S/C19H24N2/c1-15-7-9-17(10-8-15)19(13-20)21(18-11-12-18)14-16-5-3-2-4-6-16/h2-10,18-19H,11-14,20H2,1H3. The average molecular weight is 280 g/mol. The van der Waals surface area contributed by atoms with E-state index in [1.54, 1.807) is 0 Å². The van der Waals surface area contributed by atoms with Gasteiger partial charge in [-0.05, 0) is 30.9 Å². The van der Waals surface area contributed by atoms with Gasteiger partial charge in [0.1, 0.15) is 0 Å². The third kappa shape index (κ3) is 3.52. The minimum Gasteiger partial charge on any atom is -0.329 e. The molecule has 0 aromatic heterocycles. The highest BCUT2D eigenvalue weighted by Crippen LogP contribution is 2.35. The van der Waals surface area contributed by atoms with E-state index >= 15 is 0 Å². The summed E-state index contributed by atoms with van der Waals surface area (Å²) < 4.78 is 0. The zero-order chi connectivity index (χ0) is 14.7. The second-order valence-corrected chi connectivity index (χ2v) is 6.05. The van der Waals surface area contributed by atoms with Crippen LogP contribution in [0.25, 0.3) is 0 Å². The Morgan fingerprint density at radius 1 is 1.05 bits per heavy atom. The lowest BCUT2D eigenvalue weighted by Gasteiger charge is -2.31. The van der Waals surface area contributed by atoms with Gasteiger partial charge in [0.25, 0.3) is 0 Å². The zero-order valence-corrected chi connectivity index (χ0v) is 12.7. The molecule has 1 fully saturated rings. The molecule has 0 saturated heterocycles. The van der Waals surface area contributed by atoms with E-state index in [2.05, 4.69) is 66.4 Å². The van der Waals surface area contributed by atoms with Crippen molar-refractivity contribution in [1.29, 1.82) is 0 Å². The maximum Gasteiger partial charge on any atom is 0.0476 e. The summed E-state index contributed by atoms with van der Waals surface area (Å²) in [5.74, 6) is 0. The SMILES string of the molecule is Cc1ccc(C(CN)N(Cc2ccccc2)C2CC2)cc1. The summed E-state index contributed by atoms with van der Waals surface area (Å²) >= 11 is 0. The molecular weight excluding hydrogens is 256 g/mol. The number of nitrogens with two attached hydrogens (primary N) is 1. The van der Waals surface area contributed by atoms with Gasteiger partial charge in [-0.25, -0.2) is 0 Å². The first-order valence-corrected chi connectivity index (χ1v) is 7.84. The van der Waals surface area contributed by atoms with Gasteiger partial charge < -0.3 is 5.73 Å². The van der Waals surface area contributed by atoms with Crippen LogP contribution >= 0.6 is 0 Å². The molecule has 1 atom stereocenters. The third-order valence-electron chi connectivity index (χ3n) is 4.31. The highest BCUT2D eigenvalue weighted by atomic mass is 15.2. The van der Waals surface area contributed by atoms with Crippen LogP contribution < -0.4 is 5.73 Å². The quantitative estimate of drug-likeness (QED) is 0.875. The van der Waals surface area contributed by atoms with Gasteiger partial charge in [0.15, 0.2) is 0 Å². The normalized spacial score (nSPS) is 16.1. The summed E-state index contributed by atoms with van der Waals surface area (Å²) in [6.45, 7) is 3.79. The number of hydrogen-bond acceptors (Lipinski definition) is 2. The number of hydrogen-bond donors (Lipinski definition) is 1. The summed E-state index contributed by atoms with van der Waals surface area (Å²) in [5, 5.41) is 0. The van der Waals surface area contributed by atoms with Crippen molar-refractivity contribution in [3.63, 3.8) is 0 Å². The average Bonchev–Trinajstić information content (AvgIpc) is 3.34. The number of nitrogens with zero attached hydrogens (tertiary/aromatic N) is 1. The molecule has 0 radical (unpaired) electrons.